The van der Waals surface area contributed by atoms with Gasteiger partial charge in [0.05, 0.1) is 12.7 Å². The molecule has 0 aliphatic carbocycles. The molecule has 28 heavy (non-hydrogen) atoms. The number of guanidine groups is 1. The molecule has 1 aliphatic rings. The Morgan fingerprint density at radius 1 is 1.32 bits per heavy atom. The molecule has 1 unspecified atom stereocenters. The minimum atomic E-state index is 0.300. The number of nitrogens with zero attached hydrogens (tertiary/aromatic N) is 4. The largest absolute Gasteiger partial charge is 0.379 e. The van der Waals surface area contributed by atoms with Crippen molar-refractivity contribution in [3.8, 4) is 0 Å². The minimum Gasteiger partial charge on any atom is -0.379 e. The van der Waals surface area contributed by atoms with Crippen LogP contribution < -0.4 is 10.6 Å². The number of ether oxygens (including phenoxy) is 2. The maximum atomic E-state index is 5.69. The van der Waals surface area contributed by atoms with Gasteiger partial charge in [-0.2, -0.15) is 0 Å². The van der Waals surface area contributed by atoms with Crippen molar-refractivity contribution in [2.75, 3.05) is 39.5 Å². The number of aromatic nitrogens is 3. The molecule has 0 amide bonds. The minimum absolute atomic E-state index is 0.300. The first-order valence-corrected chi connectivity index (χ1v) is 10.4. The van der Waals surface area contributed by atoms with Crippen LogP contribution in [0.3, 0.4) is 0 Å². The highest BCUT2D eigenvalue weighted by molar-refractivity contribution is 5.79. The van der Waals surface area contributed by atoms with Crippen molar-refractivity contribution in [1.82, 2.24) is 25.2 Å². The fourth-order valence-electron chi connectivity index (χ4n) is 3.20. The van der Waals surface area contributed by atoms with E-state index in [2.05, 4.69) is 32.7 Å². The Hall–Kier alpha value is -2.19. The van der Waals surface area contributed by atoms with E-state index in [1.54, 1.807) is 0 Å². The maximum absolute atomic E-state index is 5.69. The summed E-state index contributed by atoms with van der Waals surface area (Å²) in [6.45, 7) is 6.84. The normalized spacial score (nSPS) is 17.3. The van der Waals surface area contributed by atoms with E-state index >= 15 is 0 Å². The summed E-state index contributed by atoms with van der Waals surface area (Å²) >= 11 is 0. The molecule has 0 bridgehead atoms. The van der Waals surface area contributed by atoms with Gasteiger partial charge in [0.25, 0.3) is 0 Å². The molecule has 2 aromatic heterocycles. The quantitative estimate of drug-likeness (QED) is 0.347. The fraction of sp³-hybridized carbons (Fsp3) is 0.650. The fourth-order valence-corrected chi connectivity index (χ4v) is 3.20. The van der Waals surface area contributed by atoms with E-state index in [1.165, 1.54) is 0 Å². The zero-order valence-corrected chi connectivity index (χ0v) is 16.8. The van der Waals surface area contributed by atoms with E-state index in [-0.39, 0.29) is 0 Å². The molecule has 3 heterocycles. The van der Waals surface area contributed by atoms with E-state index in [0.29, 0.717) is 12.7 Å². The van der Waals surface area contributed by atoms with Crippen LogP contribution in [0, 0.1) is 0 Å². The summed E-state index contributed by atoms with van der Waals surface area (Å²) in [4.78, 5) is 4.65. The smallest absolute Gasteiger partial charge is 0.191 e. The summed E-state index contributed by atoms with van der Waals surface area (Å²) < 4.78 is 13.3. The zero-order chi connectivity index (χ0) is 19.4. The van der Waals surface area contributed by atoms with E-state index in [4.69, 9.17) is 9.47 Å². The van der Waals surface area contributed by atoms with Crippen LogP contribution in [-0.2, 0) is 15.9 Å². The Morgan fingerprint density at radius 3 is 3.14 bits per heavy atom. The Kier molecular flexibility index (Phi) is 8.52. The van der Waals surface area contributed by atoms with Crippen molar-refractivity contribution < 1.29 is 9.47 Å². The molecule has 1 aliphatic heterocycles. The number of aryl methyl sites for hydroxylation is 1. The van der Waals surface area contributed by atoms with Crippen LogP contribution >= 0.6 is 0 Å². The summed E-state index contributed by atoms with van der Waals surface area (Å²) in [6.07, 6.45) is 7.31. The van der Waals surface area contributed by atoms with Gasteiger partial charge in [-0.1, -0.05) is 6.07 Å². The van der Waals surface area contributed by atoms with Gasteiger partial charge in [-0.05, 0) is 44.7 Å². The lowest BCUT2D eigenvalue weighted by Crippen LogP contribution is -2.38. The summed E-state index contributed by atoms with van der Waals surface area (Å²) in [5, 5.41) is 15.1. The summed E-state index contributed by atoms with van der Waals surface area (Å²) in [5.74, 6) is 1.83. The Labute approximate surface area is 166 Å². The highest BCUT2D eigenvalue weighted by atomic mass is 16.5. The Balaban J connectivity index is 1.31. The lowest BCUT2D eigenvalue weighted by atomic mass is 10.2. The summed E-state index contributed by atoms with van der Waals surface area (Å²) in [6, 6.07) is 5.93. The van der Waals surface area contributed by atoms with Crippen LogP contribution in [-0.4, -0.2) is 66.1 Å². The Morgan fingerprint density at radius 2 is 2.29 bits per heavy atom. The van der Waals surface area contributed by atoms with Crippen LogP contribution in [0.5, 0.6) is 0 Å². The third kappa shape index (κ3) is 6.45. The lowest BCUT2D eigenvalue weighted by Gasteiger charge is -2.12. The van der Waals surface area contributed by atoms with Gasteiger partial charge >= 0.3 is 0 Å². The molecular formula is C20H32N6O2. The van der Waals surface area contributed by atoms with Crippen molar-refractivity contribution in [3.63, 3.8) is 0 Å². The number of aliphatic imine (C=N–C) groups is 1. The molecule has 0 radical (unpaired) electrons. The van der Waals surface area contributed by atoms with Crippen LogP contribution in [0.4, 0.5) is 0 Å². The first kappa shape index (κ1) is 20.5. The van der Waals surface area contributed by atoms with E-state index in [9.17, 15) is 0 Å². The molecule has 1 atom stereocenters. The summed E-state index contributed by atoms with van der Waals surface area (Å²) in [5.41, 5.74) is 0.887. The third-order valence-corrected chi connectivity index (χ3v) is 4.64. The molecule has 1 saturated heterocycles. The van der Waals surface area contributed by atoms with Gasteiger partial charge in [0.2, 0.25) is 0 Å². The standard InChI is InChI=1S/C20H32N6O2/c1-2-21-20(23-12-7-14-27-16-17-8-6-15-28-17)22-11-5-10-19-25-24-18-9-3-4-13-26(18)19/h3-4,9,13,17H,2,5-8,10-12,14-16H2,1H3,(H2,21,22,23). The number of nitrogens with one attached hydrogen (secondary N) is 2. The second kappa shape index (κ2) is 11.6. The predicted molar refractivity (Wildman–Crippen MR) is 110 cm³/mol. The average molecular weight is 389 g/mol. The van der Waals surface area contributed by atoms with Gasteiger partial charge in [-0.3, -0.25) is 9.39 Å². The van der Waals surface area contributed by atoms with Crippen molar-refractivity contribution in [1.29, 1.82) is 0 Å². The van der Waals surface area contributed by atoms with Gasteiger partial charge in [0.15, 0.2) is 11.6 Å². The third-order valence-electron chi connectivity index (χ3n) is 4.64. The molecular weight excluding hydrogens is 356 g/mol. The molecule has 2 aromatic rings. The van der Waals surface area contributed by atoms with Gasteiger partial charge in [-0.15, -0.1) is 10.2 Å². The van der Waals surface area contributed by atoms with E-state index < -0.39 is 0 Å². The predicted octanol–water partition coefficient (Wildman–Crippen LogP) is 1.80. The SMILES string of the molecule is CCNC(=NCCCc1nnc2ccccn12)NCCCOCC1CCCO1. The lowest BCUT2D eigenvalue weighted by molar-refractivity contribution is 0.0168. The highest BCUT2D eigenvalue weighted by Crippen LogP contribution is 2.11. The molecule has 3 rings (SSSR count). The van der Waals surface area contributed by atoms with Crippen LogP contribution in [0.2, 0.25) is 0 Å². The highest BCUT2D eigenvalue weighted by Gasteiger charge is 2.14. The van der Waals surface area contributed by atoms with Crippen LogP contribution in [0.25, 0.3) is 5.65 Å². The maximum Gasteiger partial charge on any atom is 0.191 e. The summed E-state index contributed by atoms with van der Waals surface area (Å²) in [7, 11) is 0. The molecule has 0 saturated carbocycles. The first-order chi connectivity index (χ1) is 13.9. The number of hydrogen-bond acceptors (Lipinski definition) is 5. The van der Waals surface area contributed by atoms with Gasteiger partial charge in [-0.25, -0.2) is 0 Å². The van der Waals surface area contributed by atoms with Crippen molar-refractivity contribution in [2.24, 2.45) is 4.99 Å². The second-order valence-electron chi connectivity index (χ2n) is 6.90. The molecule has 0 spiro atoms. The van der Waals surface area contributed by atoms with Gasteiger partial charge in [0, 0.05) is 45.5 Å². The Bertz CT molecular complexity index is 726. The molecule has 1 fully saturated rings. The van der Waals surface area contributed by atoms with Crippen LogP contribution in [0.15, 0.2) is 29.4 Å². The van der Waals surface area contributed by atoms with Gasteiger partial charge in [0.1, 0.15) is 5.82 Å². The molecule has 0 aromatic carbocycles. The number of fused-ring (bicyclic) bond motifs is 1. The van der Waals surface area contributed by atoms with Crippen molar-refractivity contribution >= 4 is 11.6 Å². The van der Waals surface area contributed by atoms with Crippen molar-refractivity contribution in [3.05, 3.63) is 30.2 Å². The number of hydrogen-bond donors (Lipinski definition) is 2. The number of rotatable bonds is 11. The molecule has 8 nitrogen and oxygen atoms in total. The molecule has 154 valence electrons. The number of pyridine rings is 1. The van der Waals surface area contributed by atoms with E-state index in [0.717, 1.165) is 82.4 Å². The van der Waals surface area contributed by atoms with Crippen LogP contribution in [0.1, 0.15) is 38.4 Å². The average Bonchev–Trinajstić information content (AvgIpc) is 3.38. The van der Waals surface area contributed by atoms with Gasteiger partial charge < -0.3 is 20.1 Å². The second-order valence-corrected chi connectivity index (χ2v) is 6.90. The molecule has 2 N–H and O–H groups in total. The molecule has 8 heteroatoms. The topological polar surface area (TPSA) is 85.1 Å². The zero-order valence-electron chi connectivity index (χ0n) is 16.8. The first-order valence-electron chi connectivity index (χ1n) is 10.4. The van der Waals surface area contributed by atoms with Crippen molar-refractivity contribution in [2.45, 2.75) is 45.1 Å². The van der Waals surface area contributed by atoms with E-state index in [1.807, 2.05) is 28.8 Å². The monoisotopic (exact) mass is 388 g/mol.